The average molecular weight is 335 g/mol. The fourth-order valence-electron chi connectivity index (χ4n) is 3.09. The van der Waals surface area contributed by atoms with E-state index < -0.39 is 6.04 Å². The summed E-state index contributed by atoms with van der Waals surface area (Å²) in [5, 5.41) is 1.43. The Morgan fingerprint density at radius 3 is 2.78 bits per heavy atom. The van der Waals surface area contributed by atoms with Gasteiger partial charge in [0.15, 0.2) is 5.76 Å². The fraction of sp³-hybridized carbons (Fsp3) is 0.412. The Balaban J connectivity index is 1.97. The lowest BCUT2D eigenvalue weighted by atomic mass is 10.1. The standard InChI is InChI=1S/C17H19ClN2O3/c1-10-12-9-11(18)6-7-14(12)23-15(10)17(22)20-8-4-5-13(20)16(21)19(2)3/h6-7,9,13H,4-5,8H2,1-3H3. The van der Waals surface area contributed by atoms with Crippen molar-refractivity contribution in [2.24, 2.45) is 0 Å². The van der Waals surface area contributed by atoms with Crippen molar-refractivity contribution < 1.29 is 14.0 Å². The highest BCUT2D eigenvalue weighted by atomic mass is 35.5. The number of likely N-dealkylation sites (N-methyl/N-ethyl adjacent to an activating group) is 1. The van der Waals surface area contributed by atoms with E-state index in [1.54, 1.807) is 37.2 Å². The van der Waals surface area contributed by atoms with Gasteiger partial charge in [-0.25, -0.2) is 0 Å². The predicted molar refractivity (Wildman–Crippen MR) is 88.7 cm³/mol. The summed E-state index contributed by atoms with van der Waals surface area (Å²) in [5.41, 5.74) is 1.39. The lowest BCUT2D eigenvalue weighted by Crippen LogP contribution is -2.45. The van der Waals surface area contributed by atoms with Gasteiger partial charge in [0.1, 0.15) is 11.6 Å². The Hall–Kier alpha value is -2.01. The van der Waals surface area contributed by atoms with E-state index in [0.29, 0.717) is 29.3 Å². The second-order valence-electron chi connectivity index (χ2n) is 6.09. The summed E-state index contributed by atoms with van der Waals surface area (Å²) < 4.78 is 5.74. The number of fused-ring (bicyclic) bond motifs is 1. The summed E-state index contributed by atoms with van der Waals surface area (Å²) >= 11 is 6.02. The maximum atomic E-state index is 12.9. The van der Waals surface area contributed by atoms with Crippen molar-refractivity contribution in [3.05, 3.63) is 34.5 Å². The summed E-state index contributed by atoms with van der Waals surface area (Å²) in [6.07, 6.45) is 1.51. The maximum Gasteiger partial charge on any atom is 0.290 e. The third kappa shape index (κ3) is 2.70. The molecular formula is C17H19ClN2O3. The number of likely N-dealkylation sites (tertiary alicyclic amines) is 1. The molecule has 0 N–H and O–H groups in total. The average Bonchev–Trinajstić information content (AvgIpc) is 3.11. The van der Waals surface area contributed by atoms with Gasteiger partial charge < -0.3 is 14.2 Å². The molecule has 1 aromatic carbocycles. The number of rotatable bonds is 2. The van der Waals surface area contributed by atoms with Crippen molar-refractivity contribution in [1.82, 2.24) is 9.80 Å². The van der Waals surface area contributed by atoms with E-state index in [0.717, 1.165) is 17.4 Å². The highest BCUT2D eigenvalue weighted by Gasteiger charge is 2.37. The third-order valence-electron chi connectivity index (χ3n) is 4.33. The molecule has 1 fully saturated rings. The first-order valence-electron chi connectivity index (χ1n) is 7.61. The number of hydrogen-bond acceptors (Lipinski definition) is 3. The van der Waals surface area contributed by atoms with Crippen LogP contribution in [0.2, 0.25) is 5.02 Å². The van der Waals surface area contributed by atoms with Gasteiger partial charge in [0.2, 0.25) is 5.91 Å². The molecule has 3 rings (SSSR count). The van der Waals surface area contributed by atoms with Crippen LogP contribution >= 0.6 is 11.6 Å². The number of benzene rings is 1. The minimum Gasteiger partial charge on any atom is -0.451 e. The Labute approximate surface area is 139 Å². The maximum absolute atomic E-state index is 12.9. The van der Waals surface area contributed by atoms with Crippen LogP contribution in [0, 0.1) is 6.92 Å². The monoisotopic (exact) mass is 334 g/mol. The smallest absolute Gasteiger partial charge is 0.290 e. The van der Waals surface area contributed by atoms with E-state index in [-0.39, 0.29) is 11.8 Å². The molecule has 1 unspecified atom stereocenters. The first-order valence-corrected chi connectivity index (χ1v) is 7.98. The number of carbonyl (C=O) groups excluding carboxylic acids is 2. The zero-order valence-corrected chi connectivity index (χ0v) is 14.2. The number of furan rings is 1. The predicted octanol–water partition coefficient (Wildman–Crippen LogP) is 3.09. The number of hydrogen-bond donors (Lipinski definition) is 0. The number of aryl methyl sites for hydroxylation is 1. The van der Waals surface area contributed by atoms with E-state index >= 15 is 0 Å². The molecule has 2 heterocycles. The van der Waals surface area contributed by atoms with Gasteiger partial charge in [-0.3, -0.25) is 9.59 Å². The fourth-order valence-corrected chi connectivity index (χ4v) is 3.26. The molecule has 5 nitrogen and oxygen atoms in total. The van der Waals surface area contributed by atoms with Crippen LogP contribution in [0.3, 0.4) is 0 Å². The lowest BCUT2D eigenvalue weighted by Gasteiger charge is -2.25. The minimum absolute atomic E-state index is 0.0485. The second-order valence-corrected chi connectivity index (χ2v) is 6.52. The molecule has 122 valence electrons. The normalized spacial score (nSPS) is 17.7. The van der Waals surface area contributed by atoms with Crippen molar-refractivity contribution in [3.63, 3.8) is 0 Å². The SMILES string of the molecule is Cc1c(C(=O)N2CCCC2C(=O)N(C)C)oc2ccc(Cl)cc12. The van der Waals surface area contributed by atoms with Crippen LogP contribution in [-0.2, 0) is 4.79 Å². The highest BCUT2D eigenvalue weighted by Crippen LogP contribution is 2.30. The third-order valence-corrected chi connectivity index (χ3v) is 4.57. The second kappa shape index (κ2) is 5.89. The molecule has 0 aliphatic carbocycles. The summed E-state index contributed by atoms with van der Waals surface area (Å²) in [6.45, 7) is 2.41. The molecular weight excluding hydrogens is 316 g/mol. The molecule has 0 spiro atoms. The van der Waals surface area contributed by atoms with Crippen molar-refractivity contribution in [2.75, 3.05) is 20.6 Å². The molecule has 1 atom stereocenters. The van der Waals surface area contributed by atoms with Gasteiger partial charge in [0.25, 0.3) is 5.91 Å². The van der Waals surface area contributed by atoms with Crippen LogP contribution < -0.4 is 0 Å². The van der Waals surface area contributed by atoms with Gasteiger partial charge >= 0.3 is 0 Å². The Bertz CT molecular complexity index is 781. The summed E-state index contributed by atoms with van der Waals surface area (Å²) in [7, 11) is 3.41. The highest BCUT2D eigenvalue weighted by molar-refractivity contribution is 6.31. The first-order chi connectivity index (χ1) is 10.9. The van der Waals surface area contributed by atoms with Gasteiger partial charge in [-0.2, -0.15) is 0 Å². The van der Waals surface area contributed by atoms with E-state index in [1.807, 2.05) is 6.92 Å². The summed E-state index contributed by atoms with van der Waals surface area (Å²) in [4.78, 5) is 28.3. The van der Waals surface area contributed by atoms with Crippen LogP contribution in [0.15, 0.2) is 22.6 Å². The largest absolute Gasteiger partial charge is 0.451 e. The van der Waals surface area contributed by atoms with Crippen molar-refractivity contribution in [1.29, 1.82) is 0 Å². The molecule has 23 heavy (non-hydrogen) atoms. The Kier molecular flexibility index (Phi) is 4.06. The first kappa shape index (κ1) is 15.9. The van der Waals surface area contributed by atoms with E-state index in [2.05, 4.69) is 0 Å². The zero-order valence-electron chi connectivity index (χ0n) is 13.4. The molecule has 0 saturated carbocycles. The van der Waals surface area contributed by atoms with Crippen LogP contribution in [-0.4, -0.2) is 48.3 Å². The van der Waals surface area contributed by atoms with Gasteiger partial charge in [0.05, 0.1) is 0 Å². The van der Waals surface area contributed by atoms with Gasteiger partial charge in [-0.1, -0.05) is 11.6 Å². The Morgan fingerprint density at radius 2 is 2.09 bits per heavy atom. The molecule has 0 radical (unpaired) electrons. The minimum atomic E-state index is -0.409. The lowest BCUT2D eigenvalue weighted by molar-refractivity contribution is -0.132. The van der Waals surface area contributed by atoms with Crippen molar-refractivity contribution in [3.8, 4) is 0 Å². The van der Waals surface area contributed by atoms with Gasteiger partial charge in [0, 0.05) is 36.6 Å². The van der Waals surface area contributed by atoms with Gasteiger partial charge in [-0.15, -0.1) is 0 Å². The van der Waals surface area contributed by atoms with Crippen LogP contribution in [0.4, 0.5) is 0 Å². The molecule has 1 saturated heterocycles. The van der Waals surface area contributed by atoms with E-state index in [1.165, 1.54) is 4.90 Å². The summed E-state index contributed by atoms with van der Waals surface area (Å²) in [6, 6.07) is 4.87. The van der Waals surface area contributed by atoms with Crippen molar-refractivity contribution in [2.45, 2.75) is 25.8 Å². The van der Waals surface area contributed by atoms with Crippen LogP contribution in [0.1, 0.15) is 29.0 Å². The van der Waals surface area contributed by atoms with E-state index in [4.69, 9.17) is 16.0 Å². The number of carbonyl (C=O) groups is 2. The molecule has 2 aromatic rings. The molecule has 1 aliphatic rings. The number of amides is 2. The molecule has 6 heteroatoms. The molecule has 1 aromatic heterocycles. The number of halogens is 1. The van der Waals surface area contributed by atoms with Crippen molar-refractivity contribution >= 4 is 34.4 Å². The van der Waals surface area contributed by atoms with E-state index in [9.17, 15) is 9.59 Å². The quantitative estimate of drug-likeness (QED) is 0.848. The molecule has 2 amide bonds. The van der Waals surface area contributed by atoms with Gasteiger partial charge in [-0.05, 0) is 38.0 Å². The Morgan fingerprint density at radius 1 is 1.35 bits per heavy atom. The number of nitrogens with zero attached hydrogens (tertiary/aromatic N) is 2. The van der Waals surface area contributed by atoms with Crippen LogP contribution in [0.25, 0.3) is 11.0 Å². The molecule has 1 aliphatic heterocycles. The topological polar surface area (TPSA) is 53.8 Å². The summed E-state index contributed by atoms with van der Waals surface area (Å²) in [5.74, 6) is 0.0147. The van der Waals surface area contributed by atoms with Crippen LogP contribution in [0.5, 0.6) is 0 Å². The zero-order chi connectivity index (χ0) is 16.7. The molecule has 0 bridgehead atoms.